The van der Waals surface area contributed by atoms with Crippen LogP contribution in [0.15, 0.2) is 48.5 Å². The molecule has 0 radical (unpaired) electrons. The number of nitrogens with zero attached hydrogens (tertiary/aromatic N) is 1. The number of ether oxygens (including phenoxy) is 1. The lowest BCUT2D eigenvalue weighted by Crippen LogP contribution is -2.20. The Balaban J connectivity index is 1.94. The van der Waals surface area contributed by atoms with Gasteiger partial charge in [-0.25, -0.2) is 4.79 Å². The van der Waals surface area contributed by atoms with Crippen molar-refractivity contribution >= 4 is 40.9 Å². The molecular formula is C18H12ClF3N2O5. The molecule has 0 heterocycles. The lowest BCUT2D eigenvalue weighted by Gasteiger charge is -2.07. The van der Waals surface area contributed by atoms with E-state index in [0.717, 1.165) is 36.4 Å². The summed E-state index contributed by atoms with van der Waals surface area (Å²) in [7, 11) is 0. The van der Waals surface area contributed by atoms with Gasteiger partial charge in [0.25, 0.3) is 11.6 Å². The van der Waals surface area contributed by atoms with Gasteiger partial charge in [-0.15, -0.1) is 0 Å². The SMILES string of the molecule is O=C(COC(=O)C=Cc1cccc(C(F)(F)F)c1)Nc1cc(Cl)ccc1[N+](=O)[O-]. The van der Waals surface area contributed by atoms with Gasteiger partial charge in [0.1, 0.15) is 5.69 Å². The van der Waals surface area contributed by atoms with Gasteiger partial charge in [0.2, 0.25) is 0 Å². The maximum atomic E-state index is 12.6. The normalized spacial score (nSPS) is 11.3. The van der Waals surface area contributed by atoms with E-state index in [0.29, 0.717) is 0 Å². The summed E-state index contributed by atoms with van der Waals surface area (Å²) in [5.41, 5.74) is -1.35. The fourth-order valence-electron chi connectivity index (χ4n) is 2.12. The van der Waals surface area contributed by atoms with Crippen LogP contribution in [0.4, 0.5) is 24.5 Å². The number of esters is 1. The highest BCUT2D eigenvalue weighted by Gasteiger charge is 2.30. The van der Waals surface area contributed by atoms with E-state index in [-0.39, 0.29) is 16.3 Å². The van der Waals surface area contributed by atoms with Crippen molar-refractivity contribution in [2.24, 2.45) is 0 Å². The number of hydrogen-bond donors (Lipinski definition) is 1. The Labute approximate surface area is 166 Å². The third-order valence-electron chi connectivity index (χ3n) is 3.40. The highest BCUT2D eigenvalue weighted by atomic mass is 35.5. The smallest absolute Gasteiger partial charge is 0.416 e. The first-order chi connectivity index (χ1) is 13.6. The average Bonchev–Trinajstić information content (AvgIpc) is 2.64. The molecule has 7 nitrogen and oxygen atoms in total. The molecular weight excluding hydrogens is 417 g/mol. The number of amides is 1. The molecule has 0 saturated heterocycles. The molecule has 0 atom stereocenters. The minimum Gasteiger partial charge on any atom is -0.452 e. The van der Waals surface area contributed by atoms with Crippen molar-refractivity contribution in [3.05, 3.63) is 74.8 Å². The summed E-state index contributed by atoms with van der Waals surface area (Å²) < 4.78 is 42.6. The van der Waals surface area contributed by atoms with Gasteiger partial charge in [-0.05, 0) is 35.9 Å². The zero-order chi connectivity index (χ0) is 21.6. The van der Waals surface area contributed by atoms with Gasteiger partial charge in [-0.3, -0.25) is 14.9 Å². The van der Waals surface area contributed by atoms with Crippen LogP contribution in [0.25, 0.3) is 6.08 Å². The molecule has 29 heavy (non-hydrogen) atoms. The number of alkyl halides is 3. The number of nitrogens with one attached hydrogen (secondary N) is 1. The predicted molar refractivity (Wildman–Crippen MR) is 98.2 cm³/mol. The summed E-state index contributed by atoms with van der Waals surface area (Å²) >= 11 is 5.73. The molecule has 0 aliphatic carbocycles. The van der Waals surface area contributed by atoms with E-state index in [4.69, 9.17) is 11.6 Å². The third kappa shape index (κ3) is 6.61. The van der Waals surface area contributed by atoms with Crippen molar-refractivity contribution in [1.82, 2.24) is 0 Å². The van der Waals surface area contributed by atoms with Crippen molar-refractivity contribution in [3.63, 3.8) is 0 Å². The highest BCUT2D eigenvalue weighted by Crippen LogP contribution is 2.30. The van der Waals surface area contributed by atoms with E-state index in [9.17, 15) is 32.9 Å². The van der Waals surface area contributed by atoms with Crippen LogP contribution >= 0.6 is 11.6 Å². The number of rotatable bonds is 6. The standard InChI is InChI=1S/C18H12ClF3N2O5/c19-13-5-6-15(24(27)28)14(9-13)23-16(25)10-29-17(26)7-4-11-2-1-3-12(8-11)18(20,21)22/h1-9H,10H2,(H,23,25). The van der Waals surface area contributed by atoms with Crippen LogP contribution in [0.3, 0.4) is 0 Å². The fourth-order valence-corrected chi connectivity index (χ4v) is 2.29. The van der Waals surface area contributed by atoms with Crippen LogP contribution in [0, 0.1) is 10.1 Å². The number of carbonyl (C=O) groups is 2. The van der Waals surface area contributed by atoms with Crippen LogP contribution in [-0.2, 0) is 20.5 Å². The minimum atomic E-state index is -4.52. The summed E-state index contributed by atoms with van der Waals surface area (Å²) in [6.45, 7) is -0.768. The van der Waals surface area contributed by atoms with Crippen LogP contribution in [0.2, 0.25) is 5.02 Å². The number of anilines is 1. The van der Waals surface area contributed by atoms with Gasteiger partial charge in [0.05, 0.1) is 10.5 Å². The molecule has 2 aromatic carbocycles. The second-order valence-electron chi connectivity index (χ2n) is 5.53. The Hall–Kier alpha value is -3.40. The first-order valence-electron chi connectivity index (χ1n) is 7.82. The van der Waals surface area contributed by atoms with Crippen molar-refractivity contribution < 1.29 is 32.4 Å². The number of hydrogen-bond acceptors (Lipinski definition) is 5. The maximum Gasteiger partial charge on any atom is 0.416 e. The molecule has 2 aromatic rings. The third-order valence-corrected chi connectivity index (χ3v) is 3.64. The van der Waals surface area contributed by atoms with Gasteiger partial charge in [0.15, 0.2) is 6.61 Å². The Morgan fingerprint density at radius 2 is 1.93 bits per heavy atom. The first kappa shape index (κ1) is 21.9. The van der Waals surface area contributed by atoms with Gasteiger partial charge in [-0.2, -0.15) is 13.2 Å². The zero-order valence-corrected chi connectivity index (χ0v) is 15.2. The number of nitro groups is 1. The van der Waals surface area contributed by atoms with Crippen molar-refractivity contribution in [3.8, 4) is 0 Å². The Kier molecular flexibility index (Phi) is 6.94. The quantitative estimate of drug-likeness (QED) is 0.317. The maximum absolute atomic E-state index is 12.6. The van der Waals surface area contributed by atoms with Crippen LogP contribution in [0.1, 0.15) is 11.1 Å². The second kappa shape index (κ2) is 9.20. The van der Waals surface area contributed by atoms with Crippen molar-refractivity contribution in [1.29, 1.82) is 0 Å². The topological polar surface area (TPSA) is 98.5 Å². The average molecular weight is 429 g/mol. The van der Waals surface area contributed by atoms with Gasteiger partial charge in [0, 0.05) is 17.2 Å². The van der Waals surface area contributed by atoms with E-state index >= 15 is 0 Å². The molecule has 0 spiro atoms. The molecule has 0 unspecified atom stereocenters. The van der Waals surface area contributed by atoms with Crippen molar-refractivity contribution in [2.75, 3.05) is 11.9 Å². The van der Waals surface area contributed by atoms with E-state index in [2.05, 4.69) is 10.1 Å². The summed E-state index contributed by atoms with van der Waals surface area (Å²) in [6.07, 6.45) is -2.58. The van der Waals surface area contributed by atoms with Gasteiger partial charge < -0.3 is 10.1 Å². The largest absolute Gasteiger partial charge is 0.452 e. The minimum absolute atomic E-state index is 0.107. The fraction of sp³-hybridized carbons (Fsp3) is 0.111. The molecule has 0 bridgehead atoms. The Morgan fingerprint density at radius 1 is 1.21 bits per heavy atom. The van der Waals surface area contributed by atoms with Crippen molar-refractivity contribution in [2.45, 2.75) is 6.18 Å². The number of nitro benzene ring substituents is 1. The van der Waals surface area contributed by atoms with Crippen LogP contribution in [0.5, 0.6) is 0 Å². The molecule has 0 fully saturated rings. The lowest BCUT2D eigenvalue weighted by atomic mass is 10.1. The lowest BCUT2D eigenvalue weighted by molar-refractivity contribution is -0.383. The van der Waals surface area contributed by atoms with E-state index < -0.39 is 40.8 Å². The molecule has 1 N–H and O–H groups in total. The van der Waals surface area contributed by atoms with E-state index in [1.54, 1.807) is 0 Å². The molecule has 1 amide bonds. The molecule has 0 aliphatic heterocycles. The Bertz CT molecular complexity index is 976. The summed E-state index contributed by atoms with van der Waals surface area (Å²) in [5, 5.41) is 13.3. The zero-order valence-electron chi connectivity index (χ0n) is 14.4. The molecule has 152 valence electrons. The predicted octanol–water partition coefficient (Wildman–Crippen LogP) is 4.46. The summed E-state index contributed by atoms with van der Waals surface area (Å²) in [6, 6.07) is 7.79. The molecule has 2 rings (SSSR count). The van der Waals surface area contributed by atoms with E-state index in [1.165, 1.54) is 18.2 Å². The number of carbonyl (C=O) groups excluding carboxylic acids is 2. The summed E-state index contributed by atoms with van der Waals surface area (Å²) in [5.74, 6) is -1.85. The molecule has 0 aromatic heterocycles. The molecule has 0 saturated carbocycles. The monoisotopic (exact) mass is 428 g/mol. The highest BCUT2D eigenvalue weighted by molar-refractivity contribution is 6.31. The van der Waals surface area contributed by atoms with Gasteiger partial charge >= 0.3 is 12.1 Å². The Morgan fingerprint density at radius 3 is 2.59 bits per heavy atom. The van der Waals surface area contributed by atoms with Crippen LogP contribution in [-0.4, -0.2) is 23.4 Å². The van der Waals surface area contributed by atoms with Gasteiger partial charge in [-0.1, -0.05) is 23.7 Å². The van der Waals surface area contributed by atoms with E-state index in [1.807, 2.05) is 0 Å². The molecule has 0 aliphatic rings. The number of halogens is 4. The molecule has 11 heteroatoms. The summed E-state index contributed by atoms with van der Waals surface area (Å²) in [4.78, 5) is 33.7. The second-order valence-corrected chi connectivity index (χ2v) is 5.97. The first-order valence-corrected chi connectivity index (χ1v) is 8.20. The van der Waals surface area contributed by atoms with Crippen LogP contribution < -0.4 is 5.32 Å². The number of benzene rings is 2.